The van der Waals surface area contributed by atoms with Crippen molar-refractivity contribution >= 4 is 45.4 Å². The van der Waals surface area contributed by atoms with Crippen molar-refractivity contribution < 1.29 is 17.9 Å². The number of ether oxygens (including phenoxy) is 1. The van der Waals surface area contributed by atoms with Crippen LogP contribution in [0.4, 0.5) is 5.69 Å². The Bertz CT molecular complexity index is 909. The van der Waals surface area contributed by atoms with Crippen molar-refractivity contribution in [3.8, 4) is 0 Å². The number of benzene rings is 1. The van der Waals surface area contributed by atoms with Crippen LogP contribution in [0.2, 0.25) is 5.02 Å². The maximum Gasteiger partial charge on any atom is 0.293 e. The highest BCUT2D eigenvalue weighted by Gasteiger charge is 2.31. The number of allylic oxidation sites excluding steroid dienone is 4. The van der Waals surface area contributed by atoms with E-state index >= 15 is 0 Å². The molecule has 1 aliphatic rings. The molecule has 1 aromatic carbocycles. The molecule has 1 aromatic rings. The first-order chi connectivity index (χ1) is 15.1. The second-order valence-corrected chi connectivity index (χ2v) is 10.4. The lowest BCUT2D eigenvalue weighted by Gasteiger charge is -2.38. The Morgan fingerprint density at radius 2 is 1.88 bits per heavy atom. The lowest BCUT2D eigenvalue weighted by molar-refractivity contribution is -0.129. The summed E-state index contributed by atoms with van der Waals surface area (Å²) >= 11 is 11.6. The maximum absolute atomic E-state index is 12.5. The SMILES string of the molecule is C/C=C(/C)S(=O)(=O)N1CCC(N(C)c2ccc(Cl)cc2COC=O)CC1.C/C=C(/Cl)CC. The van der Waals surface area contributed by atoms with E-state index in [1.807, 2.05) is 33.0 Å². The number of rotatable bonds is 8. The molecule has 2 rings (SSSR count). The summed E-state index contributed by atoms with van der Waals surface area (Å²) in [7, 11) is -1.38. The normalized spacial score (nSPS) is 16.2. The molecule has 9 heteroatoms. The van der Waals surface area contributed by atoms with Gasteiger partial charge in [0.15, 0.2) is 0 Å². The van der Waals surface area contributed by atoms with Crippen LogP contribution in [0.1, 0.15) is 52.5 Å². The van der Waals surface area contributed by atoms with Crippen molar-refractivity contribution in [1.29, 1.82) is 0 Å². The zero-order chi connectivity index (χ0) is 24.3. The predicted octanol–water partition coefficient (Wildman–Crippen LogP) is 5.71. The molecule has 0 aliphatic carbocycles. The van der Waals surface area contributed by atoms with E-state index in [1.54, 1.807) is 36.4 Å². The minimum atomic E-state index is -3.35. The monoisotopic (exact) mass is 504 g/mol. The van der Waals surface area contributed by atoms with Crippen LogP contribution < -0.4 is 4.90 Å². The minimum absolute atomic E-state index is 0.150. The largest absolute Gasteiger partial charge is 0.463 e. The molecule has 1 aliphatic heterocycles. The third kappa shape index (κ3) is 8.10. The van der Waals surface area contributed by atoms with Crippen LogP contribution in [0.15, 0.2) is 40.3 Å². The highest BCUT2D eigenvalue weighted by atomic mass is 35.5. The Labute approximate surface area is 202 Å². The second kappa shape index (κ2) is 13.9. The zero-order valence-electron chi connectivity index (χ0n) is 19.5. The van der Waals surface area contributed by atoms with Crippen molar-refractivity contribution in [3.63, 3.8) is 0 Å². The first kappa shape index (κ1) is 28.5. The van der Waals surface area contributed by atoms with Gasteiger partial charge in [0.05, 0.1) is 4.91 Å². The molecule has 0 spiro atoms. The van der Waals surface area contributed by atoms with Gasteiger partial charge in [0, 0.05) is 47.5 Å². The first-order valence-electron chi connectivity index (χ1n) is 10.6. The zero-order valence-corrected chi connectivity index (χ0v) is 21.8. The molecular weight excluding hydrogens is 471 g/mol. The van der Waals surface area contributed by atoms with E-state index in [0.717, 1.165) is 35.5 Å². The highest BCUT2D eigenvalue weighted by molar-refractivity contribution is 7.93. The van der Waals surface area contributed by atoms with Crippen LogP contribution in [0.25, 0.3) is 0 Å². The van der Waals surface area contributed by atoms with Gasteiger partial charge in [-0.05, 0) is 58.2 Å². The Kier molecular flexibility index (Phi) is 12.4. The Morgan fingerprint density at radius 1 is 1.25 bits per heavy atom. The molecular formula is C23H34Cl2N2O4S. The van der Waals surface area contributed by atoms with Crippen LogP contribution in [0, 0.1) is 0 Å². The van der Waals surface area contributed by atoms with E-state index in [4.69, 9.17) is 27.9 Å². The number of nitrogens with zero attached hydrogens (tertiary/aromatic N) is 2. The fourth-order valence-electron chi connectivity index (χ4n) is 3.36. The minimum Gasteiger partial charge on any atom is -0.463 e. The van der Waals surface area contributed by atoms with E-state index < -0.39 is 10.0 Å². The lowest BCUT2D eigenvalue weighted by atomic mass is 10.0. The first-order valence-corrected chi connectivity index (χ1v) is 12.8. The number of anilines is 1. The Hall–Kier alpha value is -1.54. The predicted molar refractivity (Wildman–Crippen MR) is 134 cm³/mol. The number of hydrogen-bond donors (Lipinski definition) is 0. The molecule has 0 radical (unpaired) electrons. The van der Waals surface area contributed by atoms with Crippen molar-refractivity contribution in [2.24, 2.45) is 0 Å². The van der Waals surface area contributed by atoms with Crippen molar-refractivity contribution in [2.75, 3.05) is 25.0 Å². The van der Waals surface area contributed by atoms with Gasteiger partial charge in [-0.25, -0.2) is 8.42 Å². The van der Waals surface area contributed by atoms with Crippen molar-refractivity contribution in [2.45, 2.75) is 59.6 Å². The Balaban J connectivity index is 0.000000751. The second-order valence-electron chi connectivity index (χ2n) is 7.41. The highest BCUT2D eigenvalue weighted by Crippen LogP contribution is 2.29. The van der Waals surface area contributed by atoms with Crippen molar-refractivity contribution in [1.82, 2.24) is 4.31 Å². The molecule has 1 fully saturated rings. The maximum atomic E-state index is 12.5. The van der Waals surface area contributed by atoms with Gasteiger partial charge in [-0.2, -0.15) is 4.31 Å². The summed E-state index contributed by atoms with van der Waals surface area (Å²) in [5.74, 6) is 0. The van der Waals surface area contributed by atoms with Crippen LogP contribution in [-0.4, -0.2) is 45.4 Å². The molecule has 0 amide bonds. The molecule has 6 nitrogen and oxygen atoms in total. The van der Waals surface area contributed by atoms with Crippen molar-refractivity contribution in [3.05, 3.63) is 50.9 Å². The van der Waals surface area contributed by atoms with Crippen LogP contribution in [-0.2, 0) is 26.2 Å². The standard InChI is InChI=1S/C18H25ClN2O4S.C5H9Cl/c1-4-14(2)26(23,24)21-9-7-17(8-10-21)20(3)18-6-5-16(19)11-15(18)12-25-13-22;1-3-5(6)4-2/h4-6,11,13,17H,7-10,12H2,1-3H3;3H,4H2,1-2H3/b14-4-;5-3+. The van der Waals surface area contributed by atoms with E-state index in [-0.39, 0.29) is 12.6 Å². The number of sulfonamides is 1. The van der Waals surface area contributed by atoms with E-state index in [9.17, 15) is 13.2 Å². The van der Waals surface area contributed by atoms with E-state index in [0.29, 0.717) is 29.5 Å². The van der Waals surface area contributed by atoms with Gasteiger partial charge in [0.2, 0.25) is 10.0 Å². The average molecular weight is 506 g/mol. The summed E-state index contributed by atoms with van der Waals surface area (Å²) < 4.78 is 31.3. The van der Waals surface area contributed by atoms with Crippen LogP contribution in [0.5, 0.6) is 0 Å². The fourth-order valence-corrected chi connectivity index (χ4v) is 4.95. The lowest BCUT2D eigenvalue weighted by Crippen LogP contribution is -2.45. The summed E-state index contributed by atoms with van der Waals surface area (Å²) in [4.78, 5) is 13.0. The summed E-state index contributed by atoms with van der Waals surface area (Å²) in [6, 6.07) is 5.68. The van der Waals surface area contributed by atoms with Crippen LogP contribution >= 0.6 is 23.2 Å². The molecule has 0 aromatic heterocycles. The number of halogens is 2. The van der Waals surface area contributed by atoms with Crippen LogP contribution in [0.3, 0.4) is 0 Å². The molecule has 1 heterocycles. The Morgan fingerprint density at radius 3 is 2.34 bits per heavy atom. The topological polar surface area (TPSA) is 66.9 Å². The van der Waals surface area contributed by atoms with Gasteiger partial charge in [0.25, 0.3) is 6.47 Å². The number of piperidine rings is 1. The summed E-state index contributed by atoms with van der Waals surface area (Å²) in [5.41, 5.74) is 1.76. The average Bonchev–Trinajstić information content (AvgIpc) is 2.81. The molecule has 0 N–H and O–H groups in total. The van der Waals surface area contributed by atoms with Gasteiger partial charge in [-0.1, -0.05) is 42.3 Å². The molecule has 0 bridgehead atoms. The van der Waals surface area contributed by atoms with Gasteiger partial charge in [-0.3, -0.25) is 4.79 Å². The van der Waals surface area contributed by atoms with Gasteiger partial charge in [-0.15, -0.1) is 0 Å². The number of carbonyl (C=O) groups is 1. The number of hydrogen-bond acceptors (Lipinski definition) is 5. The molecule has 0 unspecified atom stereocenters. The van der Waals surface area contributed by atoms with Gasteiger partial charge >= 0.3 is 0 Å². The third-order valence-electron chi connectivity index (χ3n) is 5.50. The summed E-state index contributed by atoms with van der Waals surface area (Å²) in [6.07, 6.45) is 5.94. The van der Waals surface area contributed by atoms with Gasteiger partial charge < -0.3 is 9.64 Å². The quantitative estimate of drug-likeness (QED) is 0.424. The third-order valence-corrected chi connectivity index (χ3v) is 8.32. The summed E-state index contributed by atoms with van der Waals surface area (Å²) in [6.45, 7) is 8.85. The van der Waals surface area contributed by atoms with Gasteiger partial charge in [0.1, 0.15) is 6.61 Å². The smallest absolute Gasteiger partial charge is 0.293 e. The number of carbonyl (C=O) groups excluding carboxylic acids is 1. The van der Waals surface area contributed by atoms with E-state index in [2.05, 4.69) is 4.90 Å². The molecule has 32 heavy (non-hydrogen) atoms. The molecule has 0 atom stereocenters. The van der Waals surface area contributed by atoms with E-state index in [1.165, 1.54) is 0 Å². The molecule has 180 valence electrons. The fraction of sp³-hybridized carbons (Fsp3) is 0.522. The molecule has 0 saturated carbocycles. The summed E-state index contributed by atoms with van der Waals surface area (Å²) in [5, 5.41) is 1.52. The molecule has 1 saturated heterocycles.